The molecule has 0 saturated carbocycles. The van der Waals surface area contributed by atoms with Crippen molar-refractivity contribution < 1.29 is 8.42 Å². The predicted molar refractivity (Wildman–Crippen MR) is 57.7 cm³/mol. The second-order valence-electron chi connectivity index (χ2n) is 4.00. The van der Waals surface area contributed by atoms with Crippen molar-refractivity contribution in [3.05, 3.63) is 0 Å². The molecule has 2 atom stereocenters. The van der Waals surface area contributed by atoms with Crippen LogP contribution in [-0.4, -0.2) is 33.3 Å². The average Bonchev–Trinajstić information content (AvgIpc) is 2.17. The van der Waals surface area contributed by atoms with Crippen molar-refractivity contribution >= 4 is 10.0 Å². The smallest absolute Gasteiger partial charge is 0.211 e. The maximum Gasteiger partial charge on any atom is 0.211 e. The van der Waals surface area contributed by atoms with Crippen LogP contribution in [0.5, 0.6) is 0 Å². The van der Waals surface area contributed by atoms with Crippen LogP contribution in [0, 0.1) is 5.92 Å². The first-order valence-electron chi connectivity index (χ1n) is 5.24. The summed E-state index contributed by atoms with van der Waals surface area (Å²) in [5.74, 6) is 0.622. The first kappa shape index (κ1) is 11.9. The average molecular weight is 220 g/mol. The molecule has 4 nitrogen and oxygen atoms in total. The van der Waals surface area contributed by atoms with E-state index < -0.39 is 10.0 Å². The van der Waals surface area contributed by atoms with Gasteiger partial charge in [0.2, 0.25) is 10.0 Å². The molecule has 14 heavy (non-hydrogen) atoms. The van der Waals surface area contributed by atoms with Crippen molar-refractivity contribution in [3.63, 3.8) is 0 Å². The van der Waals surface area contributed by atoms with Gasteiger partial charge in [-0.15, -0.1) is 0 Å². The van der Waals surface area contributed by atoms with E-state index in [-0.39, 0.29) is 5.75 Å². The van der Waals surface area contributed by atoms with Gasteiger partial charge in [-0.25, -0.2) is 13.1 Å². The van der Waals surface area contributed by atoms with Gasteiger partial charge in [0.25, 0.3) is 0 Å². The van der Waals surface area contributed by atoms with Gasteiger partial charge >= 0.3 is 0 Å². The van der Waals surface area contributed by atoms with Gasteiger partial charge < -0.3 is 5.32 Å². The molecule has 84 valence electrons. The number of sulfonamides is 1. The Morgan fingerprint density at radius 2 is 2.14 bits per heavy atom. The van der Waals surface area contributed by atoms with Crippen LogP contribution in [-0.2, 0) is 10.0 Å². The zero-order valence-corrected chi connectivity index (χ0v) is 9.73. The summed E-state index contributed by atoms with van der Waals surface area (Å²) in [6, 6.07) is 0.578. The molecule has 0 aliphatic carbocycles. The van der Waals surface area contributed by atoms with Gasteiger partial charge in [0.05, 0.1) is 5.75 Å². The molecule has 1 rings (SSSR count). The van der Waals surface area contributed by atoms with Crippen molar-refractivity contribution in [2.24, 2.45) is 5.92 Å². The Hall–Kier alpha value is -0.130. The molecule has 0 spiro atoms. The van der Waals surface area contributed by atoms with Crippen LogP contribution in [0.1, 0.15) is 26.7 Å². The maximum absolute atomic E-state index is 11.2. The molecule has 1 fully saturated rings. The van der Waals surface area contributed by atoms with Crippen LogP contribution in [0.3, 0.4) is 0 Å². The summed E-state index contributed by atoms with van der Waals surface area (Å²) < 4.78 is 25.0. The zero-order valence-electron chi connectivity index (χ0n) is 8.91. The third-order valence-electron chi connectivity index (χ3n) is 2.73. The molecule has 0 bridgehead atoms. The topological polar surface area (TPSA) is 58.2 Å². The minimum absolute atomic E-state index is 0.170. The minimum Gasteiger partial charge on any atom is -0.314 e. The molecular weight excluding hydrogens is 200 g/mol. The number of hydrogen-bond donors (Lipinski definition) is 2. The van der Waals surface area contributed by atoms with Crippen molar-refractivity contribution in [1.82, 2.24) is 10.0 Å². The molecule has 0 amide bonds. The minimum atomic E-state index is -3.01. The van der Waals surface area contributed by atoms with Crippen molar-refractivity contribution in [1.29, 1.82) is 0 Å². The lowest BCUT2D eigenvalue weighted by atomic mass is 9.96. The summed E-state index contributed by atoms with van der Waals surface area (Å²) in [7, 11) is -3.01. The fourth-order valence-corrected chi connectivity index (χ4v) is 2.27. The monoisotopic (exact) mass is 220 g/mol. The summed E-state index contributed by atoms with van der Waals surface area (Å²) in [5, 5.41) is 3.35. The van der Waals surface area contributed by atoms with Gasteiger partial charge in [0, 0.05) is 12.6 Å². The Morgan fingerprint density at radius 1 is 1.43 bits per heavy atom. The Morgan fingerprint density at radius 3 is 2.64 bits per heavy atom. The first-order valence-corrected chi connectivity index (χ1v) is 6.89. The molecule has 0 aromatic rings. The summed E-state index contributed by atoms with van der Waals surface area (Å²) in [5.41, 5.74) is 0. The van der Waals surface area contributed by atoms with E-state index in [2.05, 4.69) is 17.0 Å². The maximum atomic E-state index is 11.2. The Bertz CT molecular complexity index is 256. The van der Waals surface area contributed by atoms with E-state index in [9.17, 15) is 8.42 Å². The molecule has 5 heteroatoms. The van der Waals surface area contributed by atoms with E-state index in [1.807, 2.05) is 0 Å². The summed E-state index contributed by atoms with van der Waals surface area (Å²) in [4.78, 5) is 0. The van der Waals surface area contributed by atoms with E-state index >= 15 is 0 Å². The Balaban J connectivity index is 2.26. The Labute approximate surface area is 86.5 Å². The molecular formula is C9H20N2O2S. The summed E-state index contributed by atoms with van der Waals surface area (Å²) in [6.07, 6.45) is 2.25. The zero-order chi connectivity index (χ0) is 10.6. The fourth-order valence-electron chi connectivity index (χ4n) is 1.58. The lowest BCUT2D eigenvalue weighted by Gasteiger charge is -2.27. The molecule has 1 aliphatic rings. The lowest BCUT2D eigenvalue weighted by molar-refractivity contribution is 0.323. The van der Waals surface area contributed by atoms with Gasteiger partial charge in [-0.2, -0.15) is 0 Å². The van der Waals surface area contributed by atoms with Crippen LogP contribution in [0.25, 0.3) is 0 Å². The fraction of sp³-hybridized carbons (Fsp3) is 1.00. The first-order chi connectivity index (χ1) is 6.53. The highest BCUT2D eigenvalue weighted by molar-refractivity contribution is 7.89. The third-order valence-corrected chi connectivity index (χ3v) is 4.10. The van der Waals surface area contributed by atoms with Gasteiger partial charge in [-0.3, -0.25) is 0 Å². The highest BCUT2D eigenvalue weighted by atomic mass is 32.2. The highest BCUT2D eigenvalue weighted by Crippen LogP contribution is 2.13. The Kier molecular flexibility index (Phi) is 4.34. The van der Waals surface area contributed by atoms with Crippen molar-refractivity contribution in [2.75, 3.05) is 18.8 Å². The van der Waals surface area contributed by atoms with Gasteiger partial charge in [-0.1, -0.05) is 0 Å². The van der Waals surface area contributed by atoms with E-state index in [1.54, 1.807) is 6.92 Å². The molecule has 0 aromatic heterocycles. The second-order valence-corrected chi connectivity index (χ2v) is 6.10. The third kappa shape index (κ3) is 3.94. The number of hydrogen-bond acceptors (Lipinski definition) is 3. The van der Waals surface area contributed by atoms with E-state index in [4.69, 9.17) is 0 Å². The van der Waals surface area contributed by atoms with E-state index in [0.717, 1.165) is 19.4 Å². The molecule has 1 heterocycles. The summed E-state index contributed by atoms with van der Waals surface area (Å²) >= 11 is 0. The van der Waals surface area contributed by atoms with Crippen LogP contribution in [0.2, 0.25) is 0 Å². The largest absolute Gasteiger partial charge is 0.314 e. The van der Waals surface area contributed by atoms with Crippen LogP contribution >= 0.6 is 0 Å². The predicted octanol–water partition coefficient (Wildman–Crippen LogP) is 0.314. The van der Waals surface area contributed by atoms with Crippen LogP contribution < -0.4 is 10.0 Å². The lowest BCUT2D eigenvalue weighted by Crippen LogP contribution is -2.42. The quantitative estimate of drug-likeness (QED) is 0.717. The number of piperidine rings is 1. The van der Waals surface area contributed by atoms with Gasteiger partial charge in [0.15, 0.2) is 0 Å². The second kappa shape index (κ2) is 5.09. The molecule has 2 N–H and O–H groups in total. The summed E-state index contributed by atoms with van der Waals surface area (Å²) in [6.45, 7) is 5.32. The molecule has 1 saturated heterocycles. The number of nitrogens with one attached hydrogen (secondary N) is 2. The SMILES string of the molecule is CCS(=O)(=O)NCC1CCC(C)NC1. The van der Waals surface area contributed by atoms with Crippen LogP contribution in [0.15, 0.2) is 0 Å². The molecule has 0 aromatic carbocycles. The van der Waals surface area contributed by atoms with Gasteiger partial charge in [0.1, 0.15) is 0 Å². The molecule has 1 aliphatic heterocycles. The van der Waals surface area contributed by atoms with Crippen LogP contribution in [0.4, 0.5) is 0 Å². The standard InChI is InChI=1S/C9H20N2O2S/c1-3-14(12,13)11-7-9-5-4-8(2)10-6-9/h8-11H,3-7H2,1-2H3. The molecule has 2 unspecified atom stereocenters. The van der Waals surface area contributed by atoms with Crippen molar-refractivity contribution in [3.8, 4) is 0 Å². The number of rotatable bonds is 4. The highest BCUT2D eigenvalue weighted by Gasteiger charge is 2.18. The molecule has 0 radical (unpaired) electrons. The van der Waals surface area contributed by atoms with E-state index in [0.29, 0.717) is 18.5 Å². The van der Waals surface area contributed by atoms with E-state index in [1.165, 1.54) is 0 Å². The normalized spacial score (nSPS) is 29.0. The van der Waals surface area contributed by atoms with Gasteiger partial charge in [-0.05, 0) is 39.2 Å². The van der Waals surface area contributed by atoms with Crippen molar-refractivity contribution in [2.45, 2.75) is 32.7 Å².